The van der Waals surface area contributed by atoms with Gasteiger partial charge in [0.25, 0.3) is 5.91 Å². The van der Waals surface area contributed by atoms with Crippen LogP contribution in [0.15, 0.2) is 30.3 Å². The molecule has 2 heterocycles. The van der Waals surface area contributed by atoms with E-state index in [1.54, 1.807) is 12.1 Å². The number of hydrogen-bond donors (Lipinski definition) is 1. The van der Waals surface area contributed by atoms with Gasteiger partial charge < -0.3 is 15.5 Å². The van der Waals surface area contributed by atoms with Gasteiger partial charge in [0.15, 0.2) is 5.13 Å². The molecular weight excluding hydrogens is 399 g/mol. The third-order valence-corrected chi connectivity index (χ3v) is 6.67. The lowest BCUT2D eigenvalue weighted by atomic mass is 10.0. The van der Waals surface area contributed by atoms with Crippen molar-refractivity contribution in [1.29, 1.82) is 0 Å². The number of thiophene rings is 1. The summed E-state index contributed by atoms with van der Waals surface area (Å²) in [4.78, 5) is 34.2. The van der Waals surface area contributed by atoms with Crippen molar-refractivity contribution in [1.82, 2.24) is 9.88 Å². The maximum atomic E-state index is 13.6. The number of aromatic nitrogens is 1. The number of thiazole rings is 1. The largest absolute Gasteiger partial charge is 0.368 e. The molecule has 6 nitrogen and oxygen atoms in total. The average molecular weight is 421 g/mol. The van der Waals surface area contributed by atoms with Gasteiger partial charge in [-0.2, -0.15) is 0 Å². The topological polar surface area (TPSA) is 79.5 Å². The lowest BCUT2D eigenvalue weighted by molar-refractivity contribution is -0.122. The summed E-state index contributed by atoms with van der Waals surface area (Å²) in [6.07, 6.45) is 0. The van der Waals surface area contributed by atoms with Crippen molar-refractivity contribution in [3.8, 4) is 0 Å². The van der Waals surface area contributed by atoms with Crippen molar-refractivity contribution >= 4 is 49.1 Å². The summed E-state index contributed by atoms with van der Waals surface area (Å²) in [7, 11) is 1.49. The Bertz CT molecular complexity index is 981. The monoisotopic (exact) mass is 420 g/mol. The van der Waals surface area contributed by atoms with E-state index in [1.807, 2.05) is 0 Å². The van der Waals surface area contributed by atoms with Crippen LogP contribution in [0.25, 0.3) is 9.53 Å². The molecule has 28 heavy (non-hydrogen) atoms. The van der Waals surface area contributed by atoms with Gasteiger partial charge >= 0.3 is 0 Å². The Morgan fingerprint density at radius 2 is 1.93 bits per heavy atom. The number of rotatable bonds is 7. The number of primary amides is 1. The number of carbonyl (C=O) groups excluding carboxylic acids is 2. The zero-order valence-electron chi connectivity index (χ0n) is 15.8. The molecule has 3 rings (SSSR count). The number of carbonyl (C=O) groups is 2. The zero-order valence-corrected chi connectivity index (χ0v) is 17.4. The molecule has 0 radical (unpaired) electrons. The average Bonchev–Trinajstić information content (AvgIpc) is 3.21. The van der Waals surface area contributed by atoms with E-state index in [4.69, 9.17) is 5.73 Å². The molecule has 9 heteroatoms. The van der Waals surface area contributed by atoms with E-state index in [0.29, 0.717) is 10.4 Å². The first-order chi connectivity index (χ1) is 13.3. The van der Waals surface area contributed by atoms with Crippen molar-refractivity contribution in [2.45, 2.75) is 19.9 Å². The number of nitrogens with zero attached hydrogens (tertiary/aromatic N) is 3. The third kappa shape index (κ3) is 3.85. The highest BCUT2D eigenvalue weighted by molar-refractivity contribution is 7.29. The smallest absolute Gasteiger partial charge is 0.264 e. The van der Waals surface area contributed by atoms with Crippen LogP contribution in [0.4, 0.5) is 9.52 Å². The molecule has 0 bridgehead atoms. The first-order valence-corrected chi connectivity index (χ1v) is 10.5. The number of fused-ring (bicyclic) bond motifs is 1. The van der Waals surface area contributed by atoms with Crippen LogP contribution in [-0.4, -0.2) is 41.8 Å². The summed E-state index contributed by atoms with van der Waals surface area (Å²) in [5.41, 5.74) is 5.84. The van der Waals surface area contributed by atoms with Gasteiger partial charge in [-0.25, -0.2) is 9.37 Å². The summed E-state index contributed by atoms with van der Waals surface area (Å²) in [6, 6.07) is 6.28. The number of anilines is 1. The summed E-state index contributed by atoms with van der Waals surface area (Å²) in [5, 5.41) is 0.924. The standard InChI is InChI=1S/C19H21FN4O2S2/c1-4-24(5-2)19-22-17-13(28-19)10-14(27-17)18(26)23(3)15(16(21)25)11-7-6-8-12(20)9-11/h6-10,15H,4-5H2,1-3H3,(H2,21,25). The lowest BCUT2D eigenvalue weighted by Gasteiger charge is -2.25. The number of hydrogen-bond acceptors (Lipinski definition) is 6. The fourth-order valence-corrected chi connectivity index (χ4v) is 5.33. The van der Waals surface area contributed by atoms with Gasteiger partial charge in [-0.1, -0.05) is 23.5 Å². The van der Waals surface area contributed by atoms with E-state index < -0.39 is 17.8 Å². The van der Waals surface area contributed by atoms with Gasteiger partial charge in [-0.05, 0) is 37.6 Å². The van der Waals surface area contributed by atoms with Crippen molar-refractivity contribution in [2.75, 3.05) is 25.0 Å². The molecule has 0 saturated carbocycles. The molecule has 1 unspecified atom stereocenters. The molecule has 0 spiro atoms. The summed E-state index contributed by atoms with van der Waals surface area (Å²) in [5.74, 6) is -1.57. The molecule has 0 aliphatic carbocycles. The molecule has 2 amide bonds. The highest BCUT2D eigenvalue weighted by Crippen LogP contribution is 2.35. The van der Waals surface area contributed by atoms with Crippen LogP contribution in [0, 0.1) is 5.82 Å². The lowest BCUT2D eigenvalue weighted by Crippen LogP contribution is -2.38. The minimum absolute atomic E-state index is 0.337. The number of nitrogens with two attached hydrogens (primary N) is 1. The van der Waals surface area contributed by atoms with Crippen LogP contribution in [0.3, 0.4) is 0 Å². The quantitative estimate of drug-likeness (QED) is 0.633. The van der Waals surface area contributed by atoms with Gasteiger partial charge in [0.1, 0.15) is 16.7 Å². The Morgan fingerprint density at radius 1 is 1.21 bits per heavy atom. The van der Waals surface area contributed by atoms with Crippen LogP contribution < -0.4 is 10.6 Å². The molecule has 3 aromatic rings. The molecule has 0 aliphatic heterocycles. The molecular formula is C19H21FN4O2S2. The van der Waals surface area contributed by atoms with Crippen LogP contribution in [-0.2, 0) is 4.79 Å². The highest BCUT2D eigenvalue weighted by Gasteiger charge is 2.29. The highest BCUT2D eigenvalue weighted by atomic mass is 32.1. The van der Waals surface area contributed by atoms with E-state index in [2.05, 4.69) is 23.7 Å². The van der Waals surface area contributed by atoms with E-state index in [1.165, 1.54) is 52.8 Å². The van der Waals surface area contributed by atoms with E-state index in [9.17, 15) is 14.0 Å². The van der Waals surface area contributed by atoms with Gasteiger partial charge in [0, 0.05) is 20.1 Å². The normalized spacial score (nSPS) is 12.1. The molecule has 0 aliphatic rings. The van der Waals surface area contributed by atoms with Gasteiger partial charge in [-0.3, -0.25) is 9.59 Å². The zero-order chi connectivity index (χ0) is 20.4. The van der Waals surface area contributed by atoms with Crippen molar-refractivity contribution < 1.29 is 14.0 Å². The van der Waals surface area contributed by atoms with Crippen LogP contribution in [0.1, 0.15) is 35.1 Å². The number of amides is 2. The summed E-state index contributed by atoms with van der Waals surface area (Å²) in [6.45, 7) is 5.86. The molecule has 1 aromatic carbocycles. The molecule has 0 fully saturated rings. The second-order valence-electron chi connectivity index (χ2n) is 6.22. The SMILES string of the molecule is CCN(CC)c1nc2sc(C(=O)N(C)C(C(N)=O)c3cccc(F)c3)cc2s1. The van der Waals surface area contributed by atoms with Crippen LogP contribution in [0.2, 0.25) is 0 Å². The molecule has 2 N–H and O–H groups in total. The Balaban J connectivity index is 1.89. The summed E-state index contributed by atoms with van der Waals surface area (Å²) >= 11 is 2.81. The van der Waals surface area contributed by atoms with Gasteiger partial charge in [0.05, 0.1) is 9.58 Å². The van der Waals surface area contributed by atoms with E-state index in [-0.39, 0.29) is 5.91 Å². The minimum atomic E-state index is -1.05. The van der Waals surface area contributed by atoms with Crippen molar-refractivity contribution in [3.63, 3.8) is 0 Å². The molecule has 148 valence electrons. The minimum Gasteiger partial charge on any atom is -0.368 e. The van der Waals surface area contributed by atoms with E-state index in [0.717, 1.165) is 27.8 Å². The Kier molecular flexibility index (Phi) is 5.95. The maximum Gasteiger partial charge on any atom is 0.264 e. The Hall–Kier alpha value is -2.52. The first kappa shape index (κ1) is 20.2. The number of likely N-dealkylation sites (N-methyl/N-ethyl adjacent to an activating group) is 1. The molecule has 0 saturated heterocycles. The predicted molar refractivity (Wildman–Crippen MR) is 111 cm³/mol. The van der Waals surface area contributed by atoms with Gasteiger partial charge in [0.2, 0.25) is 5.91 Å². The molecule has 2 aromatic heterocycles. The van der Waals surface area contributed by atoms with E-state index >= 15 is 0 Å². The number of halogens is 1. The van der Waals surface area contributed by atoms with Crippen molar-refractivity contribution in [2.24, 2.45) is 5.73 Å². The van der Waals surface area contributed by atoms with Crippen LogP contribution >= 0.6 is 22.7 Å². The maximum absolute atomic E-state index is 13.6. The second kappa shape index (κ2) is 8.24. The number of benzene rings is 1. The van der Waals surface area contributed by atoms with Crippen molar-refractivity contribution in [3.05, 3.63) is 46.6 Å². The fraction of sp³-hybridized carbons (Fsp3) is 0.316. The first-order valence-electron chi connectivity index (χ1n) is 8.82. The molecule has 1 atom stereocenters. The third-order valence-electron chi connectivity index (χ3n) is 4.46. The Labute approximate surface area is 170 Å². The fourth-order valence-electron chi connectivity index (χ4n) is 3.01. The Morgan fingerprint density at radius 3 is 2.50 bits per heavy atom. The summed E-state index contributed by atoms with van der Waals surface area (Å²) < 4.78 is 14.5. The second-order valence-corrected chi connectivity index (χ2v) is 8.26. The van der Waals surface area contributed by atoms with Gasteiger partial charge in [-0.15, -0.1) is 11.3 Å². The predicted octanol–water partition coefficient (Wildman–Crippen LogP) is 3.64. The van der Waals surface area contributed by atoms with Crippen LogP contribution in [0.5, 0.6) is 0 Å².